The lowest BCUT2D eigenvalue weighted by Gasteiger charge is -2.55. The zero-order valence-corrected chi connectivity index (χ0v) is 13.2. The van der Waals surface area contributed by atoms with Crippen LogP contribution in [0.3, 0.4) is 0 Å². The summed E-state index contributed by atoms with van der Waals surface area (Å²) in [6.45, 7) is 3.54. The van der Waals surface area contributed by atoms with Crippen molar-refractivity contribution in [1.82, 2.24) is 10.2 Å². The van der Waals surface area contributed by atoms with Crippen molar-refractivity contribution in [2.24, 2.45) is 17.8 Å². The van der Waals surface area contributed by atoms with E-state index < -0.39 is 0 Å². The minimum Gasteiger partial charge on any atom is -0.349 e. The third-order valence-corrected chi connectivity index (χ3v) is 6.01. The molecule has 3 heterocycles. The Morgan fingerprint density at radius 2 is 1.81 bits per heavy atom. The van der Waals surface area contributed by atoms with E-state index >= 15 is 0 Å². The van der Waals surface area contributed by atoms with E-state index in [4.69, 9.17) is 23.2 Å². The summed E-state index contributed by atoms with van der Waals surface area (Å²) in [5.74, 6) is 2.05. The van der Waals surface area contributed by atoms with Crippen molar-refractivity contribution in [3.8, 4) is 0 Å². The molecule has 4 bridgehead atoms. The number of rotatable bonds is 2. The highest BCUT2D eigenvalue weighted by atomic mass is 35.5. The third kappa shape index (κ3) is 2.45. The van der Waals surface area contributed by atoms with Crippen molar-refractivity contribution in [1.29, 1.82) is 0 Å². The number of carbonyl (C=O) groups excluding carboxylic acids is 1. The summed E-state index contributed by atoms with van der Waals surface area (Å²) >= 11 is 11.9. The first-order chi connectivity index (χ1) is 10.1. The second-order valence-corrected chi connectivity index (χ2v) is 7.52. The van der Waals surface area contributed by atoms with Gasteiger partial charge in [-0.3, -0.25) is 4.79 Å². The molecular formula is C16H18Cl2N2O. The van der Waals surface area contributed by atoms with Gasteiger partial charge in [0.05, 0.1) is 10.0 Å². The zero-order valence-electron chi connectivity index (χ0n) is 11.7. The van der Waals surface area contributed by atoms with Gasteiger partial charge >= 0.3 is 0 Å². The average Bonchev–Trinajstić information content (AvgIpc) is 2.45. The van der Waals surface area contributed by atoms with Crippen LogP contribution in [0.25, 0.3) is 0 Å². The molecule has 1 N–H and O–H groups in total. The Kier molecular flexibility index (Phi) is 3.40. The molecule has 0 radical (unpaired) electrons. The lowest BCUT2D eigenvalue weighted by molar-refractivity contribution is -0.0418. The second kappa shape index (κ2) is 5.15. The van der Waals surface area contributed by atoms with Crippen molar-refractivity contribution in [3.63, 3.8) is 0 Å². The summed E-state index contributed by atoms with van der Waals surface area (Å²) < 4.78 is 0. The molecule has 1 aromatic carbocycles. The van der Waals surface area contributed by atoms with E-state index in [1.807, 2.05) is 0 Å². The molecule has 2 atom stereocenters. The first kappa shape index (κ1) is 13.9. The number of carbonyl (C=O) groups is 1. The van der Waals surface area contributed by atoms with E-state index in [2.05, 4.69) is 10.2 Å². The summed E-state index contributed by atoms with van der Waals surface area (Å²) in [4.78, 5) is 15.0. The quantitative estimate of drug-likeness (QED) is 0.906. The molecule has 4 fully saturated rings. The number of nitrogens with one attached hydrogen (secondary N) is 1. The predicted molar refractivity (Wildman–Crippen MR) is 83.9 cm³/mol. The Hall–Kier alpha value is -0.770. The van der Waals surface area contributed by atoms with E-state index in [1.54, 1.807) is 18.2 Å². The molecule has 3 saturated heterocycles. The Bertz CT molecular complexity index is 562. The van der Waals surface area contributed by atoms with Gasteiger partial charge in [0.2, 0.25) is 0 Å². The van der Waals surface area contributed by atoms with Gasteiger partial charge in [-0.15, -0.1) is 0 Å². The molecule has 1 aliphatic carbocycles. The van der Waals surface area contributed by atoms with Gasteiger partial charge in [-0.1, -0.05) is 23.2 Å². The minimum absolute atomic E-state index is 0.0268. The van der Waals surface area contributed by atoms with Crippen LogP contribution in [0.2, 0.25) is 10.0 Å². The third-order valence-electron chi connectivity index (χ3n) is 5.27. The van der Waals surface area contributed by atoms with Gasteiger partial charge in [-0.05, 0) is 48.8 Å². The molecule has 5 heteroatoms. The van der Waals surface area contributed by atoms with Gasteiger partial charge in [0.15, 0.2) is 0 Å². The number of amides is 1. The second-order valence-electron chi connectivity index (χ2n) is 6.70. The van der Waals surface area contributed by atoms with E-state index in [-0.39, 0.29) is 5.91 Å². The van der Waals surface area contributed by atoms with Crippen molar-refractivity contribution >= 4 is 29.1 Å². The predicted octanol–water partition coefficient (Wildman–Crippen LogP) is 3.06. The highest BCUT2D eigenvalue weighted by Gasteiger charge is 2.47. The fraction of sp³-hybridized carbons (Fsp3) is 0.562. The molecule has 1 saturated carbocycles. The fourth-order valence-corrected chi connectivity index (χ4v) is 4.81. The molecule has 1 aromatic rings. The lowest BCUT2D eigenvalue weighted by atomic mass is 9.65. The number of nitrogens with zero attached hydrogens (tertiary/aromatic N) is 1. The normalized spacial score (nSPS) is 36.8. The van der Waals surface area contributed by atoms with Crippen molar-refractivity contribution < 1.29 is 4.79 Å². The molecule has 1 amide bonds. The van der Waals surface area contributed by atoms with E-state index in [0.717, 1.165) is 19.0 Å². The number of hydrogen-bond donors (Lipinski definition) is 1. The van der Waals surface area contributed by atoms with Gasteiger partial charge in [-0.25, -0.2) is 0 Å². The van der Waals surface area contributed by atoms with Crippen LogP contribution in [0.4, 0.5) is 0 Å². The number of piperidine rings is 3. The smallest absolute Gasteiger partial charge is 0.251 e. The van der Waals surface area contributed by atoms with Gasteiger partial charge < -0.3 is 10.2 Å². The Labute approximate surface area is 134 Å². The van der Waals surface area contributed by atoms with Crippen molar-refractivity contribution in [3.05, 3.63) is 33.8 Å². The van der Waals surface area contributed by atoms with Crippen LogP contribution >= 0.6 is 23.2 Å². The average molecular weight is 325 g/mol. The minimum atomic E-state index is -0.0268. The number of hydrogen-bond acceptors (Lipinski definition) is 2. The highest BCUT2D eigenvalue weighted by Crippen LogP contribution is 2.43. The lowest BCUT2D eigenvalue weighted by Crippen LogP contribution is -2.64. The summed E-state index contributed by atoms with van der Waals surface area (Å²) in [6.07, 6.45) is 2.53. The van der Waals surface area contributed by atoms with Crippen LogP contribution in [-0.4, -0.2) is 36.5 Å². The molecule has 5 rings (SSSR count). The van der Waals surface area contributed by atoms with Gasteiger partial charge in [0, 0.05) is 31.2 Å². The Morgan fingerprint density at radius 1 is 1.10 bits per heavy atom. The Morgan fingerprint density at radius 3 is 2.43 bits per heavy atom. The van der Waals surface area contributed by atoms with Crippen LogP contribution in [-0.2, 0) is 0 Å². The summed E-state index contributed by atoms with van der Waals surface area (Å²) in [7, 11) is 0. The molecule has 0 unspecified atom stereocenters. The molecule has 0 aromatic heterocycles. The van der Waals surface area contributed by atoms with Crippen LogP contribution < -0.4 is 5.32 Å². The molecule has 112 valence electrons. The van der Waals surface area contributed by atoms with Crippen molar-refractivity contribution in [2.75, 3.05) is 19.6 Å². The largest absolute Gasteiger partial charge is 0.349 e. The summed E-state index contributed by atoms with van der Waals surface area (Å²) in [5, 5.41) is 4.17. The maximum absolute atomic E-state index is 12.5. The fourth-order valence-electron chi connectivity index (χ4n) is 4.52. The van der Waals surface area contributed by atoms with E-state index in [0.29, 0.717) is 33.5 Å². The summed E-state index contributed by atoms with van der Waals surface area (Å²) in [5.41, 5.74) is 0.596. The summed E-state index contributed by atoms with van der Waals surface area (Å²) in [6, 6.07) is 5.39. The van der Waals surface area contributed by atoms with Crippen LogP contribution in [0.5, 0.6) is 0 Å². The van der Waals surface area contributed by atoms with Crippen LogP contribution in [0, 0.1) is 17.8 Å². The first-order valence-corrected chi connectivity index (χ1v) is 8.34. The molecule has 21 heavy (non-hydrogen) atoms. The monoisotopic (exact) mass is 324 g/mol. The van der Waals surface area contributed by atoms with Gasteiger partial charge in [-0.2, -0.15) is 0 Å². The Balaban J connectivity index is 1.50. The molecule has 0 spiro atoms. The van der Waals surface area contributed by atoms with Gasteiger partial charge in [0.1, 0.15) is 0 Å². The van der Waals surface area contributed by atoms with Gasteiger partial charge in [0.25, 0.3) is 5.91 Å². The molecule has 3 nitrogen and oxygen atoms in total. The maximum Gasteiger partial charge on any atom is 0.251 e. The standard InChI is InChI=1S/C16H18Cl2N2O/c17-13-2-1-10(5-14(13)18)16(21)19-15-11-3-9-4-12(15)8-20(6-9)7-11/h1-2,5,9,11-12,15H,3-4,6-8H2,(H,19,21)/t9?,11-,12-,15?/m1/s1. The van der Waals surface area contributed by atoms with Crippen LogP contribution in [0.15, 0.2) is 18.2 Å². The molecule has 4 aliphatic rings. The molecule has 3 aliphatic heterocycles. The molecular weight excluding hydrogens is 307 g/mol. The first-order valence-electron chi connectivity index (χ1n) is 7.58. The van der Waals surface area contributed by atoms with Crippen molar-refractivity contribution in [2.45, 2.75) is 18.9 Å². The van der Waals surface area contributed by atoms with Crippen LogP contribution in [0.1, 0.15) is 23.2 Å². The number of halogens is 2. The van der Waals surface area contributed by atoms with E-state index in [1.165, 1.54) is 19.4 Å². The number of benzene rings is 1. The maximum atomic E-state index is 12.5. The van der Waals surface area contributed by atoms with E-state index in [9.17, 15) is 4.79 Å². The SMILES string of the molecule is O=C(NC1[C@@H]2CC3C[C@@H]1CN(C3)C2)c1ccc(Cl)c(Cl)c1. The zero-order chi connectivity index (χ0) is 14.6. The highest BCUT2D eigenvalue weighted by molar-refractivity contribution is 6.42. The topological polar surface area (TPSA) is 32.3 Å².